The molecule has 1 aromatic carbocycles. The van der Waals surface area contributed by atoms with E-state index in [1.54, 1.807) is 0 Å². The van der Waals surface area contributed by atoms with E-state index in [-0.39, 0.29) is 0 Å². The van der Waals surface area contributed by atoms with Gasteiger partial charge < -0.3 is 0 Å². The number of rotatable bonds is 4. The quantitative estimate of drug-likeness (QED) is 0.739. The summed E-state index contributed by atoms with van der Waals surface area (Å²) in [6.07, 6.45) is 7.20. The van der Waals surface area contributed by atoms with Crippen LogP contribution in [-0.2, 0) is 11.3 Å². The van der Waals surface area contributed by atoms with Crippen LogP contribution in [0.1, 0.15) is 57.9 Å². The Kier molecular flexibility index (Phi) is 5.31. The van der Waals surface area contributed by atoms with Gasteiger partial charge in [0, 0.05) is 12.5 Å². The fourth-order valence-corrected chi connectivity index (χ4v) is 5.51. The summed E-state index contributed by atoms with van der Waals surface area (Å²) in [4.78, 5) is 15.6. The van der Waals surface area contributed by atoms with E-state index in [0.717, 1.165) is 25.3 Å². The molecule has 1 heterocycles. The summed E-state index contributed by atoms with van der Waals surface area (Å²) in [6.45, 7) is 8.03. The number of hydrogen-bond acceptors (Lipinski definition) is 2. The molecule has 0 N–H and O–H groups in total. The molecule has 26 heavy (non-hydrogen) atoms. The minimum absolute atomic E-state index is 0.300. The highest BCUT2D eigenvalue weighted by Crippen LogP contribution is 2.46. The van der Waals surface area contributed by atoms with Crippen molar-refractivity contribution >= 4 is 5.78 Å². The molecule has 3 atom stereocenters. The predicted octanol–water partition coefficient (Wildman–Crippen LogP) is 5.24. The lowest BCUT2D eigenvalue weighted by atomic mass is 9.79. The van der Waals surface area contributed by atoms with Gasteiger partial charge in [0.25, 0.3) is 0 Å². The first-order valence-corrected chi connectivity index (χ1v) is 10.6. The number of Topliss-reactive ketones (excluding diaryl/α,β-unsaturated/α-hetero) is 1. The van der Waals surface area contributed by atoms with E-state index >= 15 is 0 Å². The average molecular weight is 352 g/mol. The highest BCUT2D eigenvalue weighted by Gasteiger charge is 2.40. The normalized spacial score (nSPS) is 30.7. The third-order valence-electron chi connectivity index (χ3n) is 7.14. The molecule has 1 aliphatic heterocycles. The standard InChI is InChI=1S/C24H33NO/c1-17-8-9-18(2)23-22(17)15-21(24(23)26)14-19-10-12-25(13-11-19)16-20-6-4-3-5-7-20/h3-7,17-19,21H,8-16H2,1-2H3. The van der Waals surface area contributed by atoms with Crippen molar-refractivity contribution in [1.29, 1.82) is 0 Å². The number of piperidine rings is 1. The van der Waals surface area contributed by atoms with Gasteiger partial charge in [0.05, 0.1) is 0 Å². The highest BCUT2D eigenvalue weighted by molar-refractivity contribution is 6.01. The van der Waals surface area contributed by atoms with Gasteiger partial charge in [0.1, 0.15) is 0 Å². The monoisotopic (exact) mass is 351 g/mol. The first kappa shape index (κ1) is 18.0. The molecule has 0 saturated carbocycles. The first-order chi connectivity index (χ1) is 12.6. The minimum Gasteiger partial charge on any atom is -0.299 e. The third kappa shape index (κ3) is 3.67. The van der Waals surface area contributed by atoms with Crippen LogP contribution in [0.15, 0.2) is 41.5 Å². The second kappa shape index (κ2) is 7.68. The van der Waals surface area contributed by atoms with E-state index in [9.17, 15) is 4.79 Å². The van der Waals surface area contributed by atoms with Gasteiger partial charge in [0.2, 0.25) is 0 Å². The summed E-state index contributed by atoms with van der Waals surface area (Å²) >= 11 is 0. The predicted molar refractivity (Wildman–Crippen MR) is 107 cm³/mol. The van der Waals surface area contributed by atoms with Crippen LogP contribution in [0.2, 0.25) is 0 Å². The van der Waals surface area contributed by atoms with Gasteiger partial charge in [-0.15, -0.1) is 0 Å². The maximum Gasteiger partial charge on any atom is 0.162 e. The van der Waals surface area contributed by atoms with Crippen LogP contribution in [-0.4, -0.2) is 23.8 Å². The molecular formula is C24H33NO. The van der Waals surface area contributed by atoms with Crippen LogP contribution in [0.5, 0.6) is 0 Å². The Balaban J connectivity index is 1.30. The van der Waals surface area contributed by atoms with Gasteiger partial charge in [-0.1, -0.05) is 49.8 Å². The largest absolute Gasteiger partial charge is 0.299 e. The SMILES string of the molecule is CC1CCC(C)C2=C1CC(CC1CCN(Cc3ccccc3)CC1)C2=O. The summed E-state index contributed by atoms with van der Waals surface area (Å²) in [6, 6.07) is 10.8. The molecule has 0 aromatic heterocycles. The Morgan fingerprint density at radius 1 is 0.962 bits per heavy atom. The Labute approximate surface area is 158 Å². The molecule has 2 aliphatic carbocycles. The van der Waals surface area contributed by atoms with Crippen LogP contribution in [0, 0.1) is 23.7 Å². The van der Waals surface area contributed by atoms with Gasteiger partial charge in [-0.2, -0.15) is 0 Å². The fraction of sp³-hybridized carbons (Fsp3) is 0.625. The Morgan fingerprint density at radius 3 is 2.35 bits per heavy atom. The maximum absolute atomic E-state index is 13.0. The Hall–Kier alpha value is -1.41. The van der Waals surface area contributed by atoms with Crippen molar-refractivity contribution in [2.45, 2.75) is 58.9 Å². The molecule has 140 valence electrons. The van der Waals surface area contributed by atoms with E-state index < -0.39 is 0 Å². The zero-order valence-electron chi connectivity index (χ0n) is 16.4. The number of hydrogen-bond donors (Lipinski definition) is 0. The summed E-state index contributed by atoms with van der Waals surface area (Å²) in [5, 5.41) is 0. The number of allylic oxidation sites excluding steroid dienone is 2. The summed E-state index contributed by atoms with van der Waals surface area (Å²) in [5.41, 5.74) is 4.19. The molecule has 2 nitrogen and oxygen atoms in total. The van der Waals surface area contributed by atoms with Crippen LogP contribution in [0.3, 0.4) is 0 Å². The lowest BCUT2D eigenvalue weighted by Gasteiger charge is -2.33. The van der Waals surface area contributed by atoms with Gasteiger partial charge in [-0.3, -0.25) is 9.69 Å². The third-order valence-corrected chi connectivity index (χ3v) is 7.14. The topological polar surface area (TPSA) is 20.3 Å². The fourth-order valence-electron chi connectivity index (χ4n) is 5.51. The molecule has 0 amide bonds. The smallest absolute Gasteiger partial charge is 0.162 e. The Morgan fingerprint density at radius 2 is 1.65 bits per heavy atom. The summed E-state index contributed by atoms with van der Waals surface area (Å²) in [7, 11) is 0. The summed E-state index contributed by atoms with van der Waals surface area (Å²) < 4.78 is 0. The molecular weight excluding hydrogens is 318 g/mol. The van der Waals surface area contributed by atoms with Crippen molar-refractivity contribution in [3.63, 3.8) is 0 Å². The molecule has 3 unspecified atom stereocenters. The Bertz CT molecular complexity index is 669. The van der Waals surface area contributed by atoms with E-state index in [4.69, 9.17) is 0 Å². The van der Waals surface area contributed by atoms with Crippen molar-refractivity contribution in [1.82, 2.24) is 4.90 Å². The van der Waals surface area contributed by atoms with Crippen molar-refractivity contribution < 1.29 is 4.79 Å². The van der Waals surface area contributed by atoms with Crippen molar-refractivity contribution in [3.05, 3.63) is 47.0 Å². The zero-order chi connectivity index (χ0) is 18.1. The molecule has 1 aromatic rings. The zero-order valence-corrected chi connectivity index (χ0v) is 16.4. The first-order valence-electron chi connectivity index (χ1n) is 10.6. The molecule has 1 saturated heterocycles. The number of benzene rings is 1. The second-order valence-electron chi connectivity index (χ2n) is 9.02. The highest BCUT2D eigenvalue weighted by atomic mass is 16.1. The number of carbonyl (C=O) groups is 1. The molecule has 2 heteroatoms. The number of carbonyl (C=O) groups excluding carboxylic acids is 1. The molecule has 0 radical (unpaired) electrons. The summed E-state index contributed by atoms with van der Waals surface area (Å²) in [5.74, 6) is 2.71. The van der Waals surface area contributed by atoms with Crippen LogP contribution in [0.4, 0.5) is 0 Å². The molecule has 4 rings (SSSR count). The lowest BCUT2D eigenvalue weighted by Crippen LogP contribution is -2.34. The van der Waals surface area contributed by atoms with E-state index in [0.29, 0.717) is 23.5 Å². The number of ketones is 1. The van der Waals surface area contributed by atoms with Crippen LogP contribution >= 0.6 is 0 Å². The minimum atomic E-state index is 0.300. The van der Waals surface area contributed by atoms with Gasteiger partial charge in [-0.05, 0) is 80.5 Å². The van der Waals surface area contributed by atoms with E-state index in [1.807, 2.05) is 0 Å². The van der Waals surface area contributed by atoms with Gasteiger partial charge in [-0.25, -0.2) is 0 Å². The van der Waals surface area contributed by atoms with Crippen molar-refractivity contribution in [2.75, 3.05) is 13.1 Å². The molecule has 0 spiro atoms. The van der Waals surface area contributed by atoms with Crippen LogP contribution in [0.25, 0.3) is 0 Å². The average Bonchev–Trinajstić information content (AvgIpc) is 2.99. The maximum atomic E-state index is 13.0. The molecule has 0 bridgehead atoms. The number of likely N-dealkylation sites (tertiary alicyclic amines) is 1. The van der Waals surface area contributed by atoms with Gasteiger partial charge in [0.15, 0.2) is 5.78 Å². The second-order valence-corrected chi connectivity index (χ2v) is 9.02. The molecule has 1 fully saturated rings. The van der Waals surface area contributed by atoms with E-state index in [2.05, 4.69) is 49.1 Å². The molecule has 3 aliphatic rings. The van der Waals surface area contributed by atoms with E-state index in [1.165, 1.54) is 55.5 Å². The van der Waals surface area contributed by atoms with Crippen molar-refractivity contribution in [2.24, 2.45) is 23.7 Å². The van der Waals surface area contributed by atoms with Crippen molar-refractivity contribution in [3.8, 4) is 0 Å². The van der Waals surface area contributed by atoms with Crippen LogP contribution < -0.4 is 0 Å². The van der Waals surface area contributed by atoms with Gasteiger partial charge >= 0.3 is 0 Å². The number of nitrogens with zero attached hydrogens (tertiary/aromatic N) is 1. The lowest BCUT2D eigenvalue weighted by molar-refractivity contribution is -0.119.